The van der Waals surface area contributed by atoms with Crippen LogP contribution in [0.25, 0.3) is 0 Å². The normalized spacial score (nSPS) is 11.1. The van der Waals surface area contributed by atoms with Gasteiger partial charge in [-0.05, 0) is 42.8 Å². The molecule has 9 nitrogen and oxygen atoms in total. The summed E-state index contributed by atoms with van der Waals surface area (Å²) in [7, 11) is -2.53. The van der Waals surface area contributed by atoms with Gasteiger partial charge in [0.1, 0.15) is 11.5 Å². The maximum Gasteiger partial charge on any atom is 0.262 e. The average molecular weight is 430 g/mol. The van der Waals surface area contributed by atoms with E-state index in [0.717, 1.165) is 0 Å². The van der Waals surface area contributed by atoms with Gasteiger partial charge in [0.25, 0.3) is 10.0 Å². The second-order valence-electron chi connectivity index (χ2n) is 6.41. The lowest BCUT2D eigenvalue weighted by Gasteiger charge is -2.13. The molecule has 0 aliphatic heterocycles. The van der Waals surface area contributed by atoms with Gasteiger partial charge in [0.2, 0.25) is 5.91 Å². The monoisotopic (exact) mass is 430 g/mol. The largest absolute Gasteiger partial charge is 0.506 e. The van der Waals surface area contributed by atoms with Gasteiger partial charge in [-0.1, -0.05) is 12.1 Å². The summed E-state index contributed by atoms with van der Waals surface area (Å²) in [5, 5.41) is 16.6. The first-order chi connectivity index (χ1) is 14.4. The van der Waals surface area contributed by atoms with Crippen LogP contribution in [0.2, 0.25) is 0 Å². The van der Waals surface area contributed by atoms with Gasteiger partial charge in [-0.15, -0.1) is 0 Å². The van der Waals surface area contributed by atoms with Crippen molar-refractivity contribution in [2.45, 2.75) is 24.3 Å². The van der Waals surface area contributed by atoms with Crippen molar-refractivity contribution >= 4 is 27.3 Å². The fourth-order valence-corrected chi connectivity index (χ4v) is 3.86. The molecule has 0 radical (unpaired) electrons. The Balaban J connectivity index is 1.69. The summed E-state index contributed by atoms with van der Waals surface area (Å²) in [6.45, 7) is 0.573. The van der Waals surface area contributed by atoms with Crippen molar-refractivity contribution in [2.24, 2.45) is 0 Å². The number of carbonyl (C=O) groups is 1. The highest BCUT2D eigenvalue weighted by Gasteiger charge is 2.19. The number of phenols is 1. The molecule has 30 heavy (non-hydrogen) atoms. The summed E-state index contributed by atoms with van der Waals surface area (Å²) in [6.07, 6.45) is 4.19. The molecule has 1 aromatic heterocycles. The van der Waals surface area contributed by atoms with Crippen LogP contribution >= 0.6 is 0 Å². The van der Waals surface area contributed by atoms with Crippen LogP contribution in [0.4, 0.5) is 11.4 Å². The van der Waals surface area contributed by atoms with E-state index in [1.165, 1.54) is 25.3 Å². The van der Waals surface area contributed by atoms with Crippen LogP contribution in [-0.4, -0.2) is 36.3 Å². The third kappa shape index (κ3) is 5.29. The molecule has 0 saturated heterocycles. The van der Waals surface area contributed by atoms with E-state index < -0.39 is 10.0 Å². The summed E-state index contributed by atoms with van der Waals surface area (Å²) < 4.78 is 34.8. The van der Waals surface area contributed by atoms with Gasteiger partial charge in [-0.3, -0.25) is 14.2 Å². The Morgan fingerprint density at radius 3 is 2.70 bits per heavy atom. The predicted molar refractivity (Wildman–Crippen MR) is 112 cm³/mol. The maximum atomic E-state index is 12.8. The van der Waals surface area contributed by atoms with Crippen molar-refractivity contribution in [1.29, 1.82) is 0 Å². The molecule has 1 heterocycles. The number of aromatic hydroxyl groups is 1. The third-order valence-electron chi connectivity index (χ3n) is 4.25. The highest BCUT2D eigenvalue weighted by molar-refractivity contribution is 7.92. The van der Waals surface area contributed by atoms with Gasteiger partial charge >= 0.3 is 0 Å². The van der Waals surface area contributed by atoms with Crippen molar-refractivity contribution in [3.8, 4) is 11.5 Å². The summed E-state index contributed by atoms with van der Waals surface area (Å²) >= 11 is 0. The number of carbonyl (C=O) groups excluding carboxylic acids is 1. The van der Waals surface area contributed by atoms with Crippen LogP contribution in [0.1, 0.15) is 12.8 Å². The maximum absolute atomic E-state index is 12.8. The number of rotatable bonds is 9. The molecule has 0 atom stereocenters. The number of anilines is 2. The molecule has 0 spiro atoms. The van der Waals surface area contributed by atoms with Gasteiger partial charge in [0.15, 0.2) is 0 Å². The number of hydrogen-bond donors (Lipinski definition) is 3. The van der Waals surface area contributed by atoms with Gasteiger partial charge in [-0.25, -0.2) is 8.42 Å². The average Bonchev–Trinajstić information content (AvgIpc) is 3.23. The number of aryl methyl sites for hydroxylation is 1. The zero-order chi connectivity index (χ0) is 21.6. The number of para-hydroxylation sites is 2. The zero-order valence-electron chi connectivity index (χ0n) is 16.3. The Bertz CT molecular complexity index is 1110. The quantitative estimate of drug-likeness (QED) is 0.449. The van der Waals surface area contributed by atoms with E-state index in [-0.39, 0.29) is 34.3 Å². The molecule has 158 valence electrons. The number of hydrogen-bond acceptors (Lipinski definition) is 6. The lowest BCUT2D eigenvalue weighted by molar-refractivity contribution is -0.116. The second-order valence-corrected chi connectivity index (χ2v) is 8.09. The molecule has 0 fully saturated rings. The van der Waals surface area contributed by atoms with Crippen molar-refractivity contribution in [3.63, 3.8) is 0 Å². The number of phenolic OH excluding ortho intramolecular Hbond substituents is 1. The first-order valence-corrected chi connectivity index (χ1v) is 10.6. The molecule has 0 unspecified atom stereocenters. The van der Waals surface area contributed by atoms with Gasteiger partial charge in [0.05, 0.1) is 23.4 Å². The Labute approximate surface area is 174 Å². The number of ether oxygens (including phenoxy) is 1. The minimum Gasteiger partial charge on any atom is -0.506 e. The number of nitrogens with one attached hydrogen (secondary N) is 2. The van der Waals surface area contributed by atoms with E-state index in [9.17, 15) is 18.3 Å². The van der Waals surface area contributed by atoms with Crippen LogP contribution < -0.4 is 14.8 Å². The van der Waals surface area contributed by atoms with Crippen LogP contribution in [0.3, 0.4) is 0 Å². The number of amides is 1. The molecule has 2 aromatic carbocycles. The van der Waals surface area contributed by atoms with E-state index in [1.807, 2.05) is 0 Å². The molecule has 0 saturated carbocycles. The molecule has 1 amide bonds. The Hall–Kier alpha value is -3.53. The van der Waals surface area contributed by atoms with Crippen LogP contribution in [-0.2, 0) is 21.4 Å². The highest BCUT2D eigenvalue weighted by atomic mass is 32.2. The smallest absolute Gasteiger partial charge is 0.262 e. The van der Waals surface area contributed by atoms with Crippen molar-refractivity contribution in [2.75, 3.05) is 17.1 Å². The number of methoxy groups -OCH3 is 1. The molecule has 10 heteroatoms. The minimum absolute atomic E-state index is 0.0157. The van der Waals surface area contributed by atoms with Crippen molar-refractivity contribution < 1.29 is 23.1 Å². The Morgan fingerprint density at radius 2 is 1.97 bits per heavy atom. The van der Waals surface area contributed by atoms with Gasteiger partial charge < -0.3 is 15.2 Å². The van der Waals surface area contributed by atoms with E-state index in [0.29, 0.717) is 18.7 Å². The second kappa shape index (κ2) is 9.31. The number of nitrogens with zero attached hydrogens (tertiary/aromatic N) is 2. The summed E-state index contributed by atoms with van der Waals surface area (Å²) in [4.78, 5) is 12.1. The molecule has 0 aliphatic rings. The number of sulfonamides is 1. The lowest BCUT2D eigenvalue weighted by Crippen LogP contribution is -2.16. The third-order valence-corrected chi connectivity index (χ3v) is 5.62. The molecule has 3 rings (SSSR count). The first-order valence-electron chi connectivity index (χ1n) is 9.15. The van der Waals surface area contributed by atoms with E-state index in [1.54, 1.807) is 47.4 Å². The molecule has 0 aliphatic carbocycles. The lowest BCUT2D eigenvalue weighted by atomic mass is 10.2. The molecule has 3 N–H and O–H groups in total. The van der Waals surface area contributed by atoms with E-state index >= 15 is 0 Å². The Kier molecular flexibility index (Phi) is 6.58. The van der Waals surface area contributed by atoms with E-state index in [4.69, 9.17) is 4.74 Å². The summed E-state index contributed by atoms with van der Waals surface area (Å²) in [5.41, 5.74) is 0.291. The first kappa shape index (κ1) is 21.2. The van der Waals surface area contributed by atoms with Crippen molar-refractivity contribution in [1.82, 2.24) is 9.78 Å². The molecule has 0 bridgehead atoms. The minimum atomic E-state index is -3.97. The van der Waals surface area contributed by atoms with Crippen LogP contribution in [0, 0.1) is 0 Å². The van der Waals surface area contributed by atoms with Crippen LogP contribution in [0.5, 0.6) is 11.5 Å². The topological polar surface area (TPSA) is 123 Å². The van der Waals surface area contributed by atoms with Crippen LogP contribution in [0.15, 0.2) is 65.8 Å². The van der Waals surface area contributed by atoms with Gasteiger partial charge in [-0.2, -0.15) is 5.10 Å². The Morgan fingerprint density at radius 1 is 1.17 bits per heavy atom. The van der Waals surface area contributed by atoms with Gasteiger partial charge in [0, 0.05) is 25.4 Å². The van der Waals surface area contributed by atoms with Crippen molar-refractivity contribution in [3.05, 3.63) is 60.9 Å². The predicted octanol–water partition coefficient (Wildman–Crippen LogP) is 2.82. The van der Waals surface area contributed by atoms with E-state index in [2.05, 4.69) is 15.1 Å². The molecular weight excluding hydrogens is 408 g/mol. The fourth-order valence-electron chi connectivity index (χ4n) is 2.76. The number of benzene rings is 2. The SMILES string of the molecule is COc1ccccc1NS(=O)(=O)c1ccc(O)c(NC(=O)CCCn2cccn2)c1. The fraction of sp³-hybridized carbons (Fsp3) is 0.200. The molecular formula is C20H22N4O5S. The zero-order valence-corrected chi connectivity index (χ0v) is 17.1. The molecule has 3 aromatic rings. The number of aromatic nitrogens is 2. The summed E-state index contributed by atoms with van der Waals surface area (Å²) in [6, 6.07) is 12.1. The standard InChI is InChI=1S/C20H22N4O5S/c1-29-19-7-3-2-6-16(19)23-30(27,28)15-9-10-18(25)17(14-15)22-20(26)8-4-12-24-13-5-11-21-24/h2-3,5-7,9-11,13-14,23,25H,4,8,12H2,1H3,(H,22,26). The highest BCUT2D eigenvalue weighted by Crippen LogP contribution is 2.30. The summed E-state index contributed by atoms with van der Waals surface area (Å²) in [5.74, 6) is -0.207.